The summed E-state index contributed by atoms with van der Waals surface area (Å²) in [7, 11) is 0. The van der Waals surface area contributed by atoms with E-state index in [2.05, 4.69) is 21.2 Å². The molecule has 0 unspecified atom stereocenters. The second-order valence-corrected chi connectivity index (χ2v) is 5.27. The van der Waals surface area contributed by atoms with E-state index in [0.717, 1.165) is 0 Å². The summed E-state index contributed by atoms with van der Waals surface area (Å²) in [5.74, 6) is 2.54. The van der Waals surface area contributed by atoms with Crippen molar-refractivity contribution in [3.63, 3.8) is 0 Å². The summed E-state index contributed by atoms with van der Waals surface area (Å²) < 4.78 is 10.2. The van der Waals surface area contributed by atoms with E-state index >= 15 is 0 Å². The standard InChI is InChI=1S/C17H19N5O5/c1-3-8-18-16-15(22(24)25)17(20-12-19-16)21(9-7-14(23)26-4-2)11-13-6-5-10-27-13/h1,5-6,10,12H,4,7-9,11H2,2H3,(H,18,19,20). The molecule has 1 N–H and O–H groups in total. The summed E-state index contributed by atoms with van der Waals surface area (Å²) >= 11 is 0. The first-order chi connectivity index (χ1) is 13.1. The number of carbonyl (C=O) groups is 1. The van der Waals surface area contributed by atoms with Gasteiger partial charge in [0.25, 0.3) is 0 Å². The quantitative estimate of drug-likeness (QED) is 0.288. The van der Waals surface area contributed by atoms with Crippen LogP contribution in [0.1, 0.15) is 19.1 Å². The molecule has 0 bridgehead atoms. The van der Waals surface area contributed by atoms with Crippen molar-refractivity contribution >= 4 is 23.3 Å². The summed E-state index contributed by atoms with van der Waals surface area (Å²) in [6.45, 7) is 2.35. The summed E-state index contributed by atoms with van der Waals surface area (Å²) in [6.07, 6.45) is 7.92. The smallest absolute Gasteiger partial charge is 0.353 e. The second-order valence-electron chi connectivity index (χ2n) is 5.27. The first-order valence-corrected chi connectivity index (χ1v) is 8.16. The Kier molecular flexibility index (Phi) is 7.13. The fourth-order valence-electron chi connectivity index (χ4n) is 2.34. The van der Waals surface area contributed by atoms with Gasteiger partial charge >= 0.3 is 11.7 Å². The molecule has 0 aromatic carbocycles. The maximum Gasteiger partial charge on any atom is 0.353 e. The van der Waals surface area contributed by atoms with E-state index < -0.39 is 10.9 Å². The van der Waals surface area contributed by atoms with Crippen molar-refractivity contribution in [1.82, 2.24) is 9.97 Å². The molecule has 0 aliphatic heterocycles. The Morgan fingerprint density at radius 2 is 2.33 bits per heavy atom. The minimum Gasteiger partial charge on any atom is -0.467 e. The van der Waals surface area contributed by atoms with Crippen LogP contribution in [0.4, 0.5) is 17.3 Å². The lowest BCUT2D eigenvalue weighted by atomic mass is 10.3. The van der Waals surface area contributed by atoms with Gasteiger partial charge < -0.3 is 19.4 Å². The van der Waals surface area contributed by atoms with Gasteiger partial charge in [-0.3, -0.25) is 14.9 Å². The Labute approximate surface area is 155 Å². The van der Waals surface area contributed by atoms with Crippen LogP contribution in [0.3, 0.4) is 0 Å². The fraction of sp³-hybridized carbons (Fsp3) is 0.353. The van der Waals surface area contributed by atoms with Crippen LogP contribution in [0.2, 0.25) is 0 Å². The van der Waals surface area contributed by atoms with E-state index in [-0.39, 0.29) is 50.0 Å². The van der Waals surface area contributed by atoms with Crippen LogP contribution in [0.15, 0.2) is 29.1 Å². The highest BCUT2D eigenvalue weighted by molar-refractivity contribution is 5.73. The molecule has 0 saturated carbocycles. The van der Waals surface area contributed by atoms with Crippen molar-refractivity contribution in [3.05, 3.63) is 40.6 Å². The molecule has 0 atom stereocenters. The van der Waals surface area contributed by atoms with Crippen LogP contribution in [0.25, 0.3) is 0 Å². The van der Waals surface area contributed by atoms with Crippen molar-refractivity contribution < 1.29 is 18.9 Å². The van der Waals surface area contributed by atoms with Gasteiger partial charge in [-0.2, -0.15) is 0 Å². The number of hydrogen-bond acceptors (Lipinski definition) is 9. The predicted molar refractivity (Wildman–Crippen MR) is 97.0 cm³/mol. The van der Waals surface area contributed by atoms with Gasteiger partial charge in [-0.15, -0.1) is 6.42 Å². The highest BCUT2D eigenvalue weighted by atomic mass is 16.6. The molecule has 0 radical (unpaired) electrons. The summed E-state index contributed by atoms with van der Waals surface area (Å²) in [5, 5.41) is 14.4. The first-order valence-electron chi connectivity index (χ1n) is 8.16. The largest absolute Gasteiger partial charge is 0.467 e. The Bertz CT molecular complexity index is 816. The number of carbonyl (C=O) groups excluding carboxylic acids is 1. The molecule has 0 aliphatic carbocycles. The zero-order valence-electron chi connectivity index (χ0n) is 14.8. The van der Waals surface area contributed by atoms with E-state index in [1.807, 2.05) is 0 Å². The minimum atomic E-state index is -0.590. The molecule has 2 rings (SSSR count). The van der Waals surface area contributed by atoms with Crippen molar-refractivity contribution in [2.75, 3.05) is 29.9 Å². The summed E-state index contributed by atoms with van der Waals surface area (Å²) in [4.78, 5) is 32.3. The molecule has 10 heteroatoms. The number of rotatable bonds is 10. The monoisotopic (exact) mass is 373 g/mol. The molecule has 0 spiro atoms. The second kappa shape index (κ2) is 9.76. The van der Waals surface area contributed by atoms with Gasteiger partial charge in [-0.1, -0.05) is 5.92 Å². The molecule has 0 amide bonds. The van der Waals surface area contributed by atoms with E-state index in [0.29, 0.717) is 5.76 Å². The number of nitro groups is 1. The number of terminal acetylenes is 1. The third-order valence-corrected chi connectivity index (χ3v) is 3.46. The molecule has 2 heterocycles. The van der Waals surface area contributed by atoms with Crippen molar-refractivity contribution in [2.45, 2.75) is 19.9 Å². The van der Waals surface area contributed by atoms with Gasteiger partial charge in [0.05, 0.1) is 37.3 Å². The van der Waals surface area contributed by atoms with Crippen LogP contribution in [0, 0.1) is 22.5 Å². The van der Waals surface area contributed by atoms with Gasteiger partial charge in [0.2, 0.25) is 11.6 Å². The highest BCUT2D eigenvalue weighted by Crippen LogP contribution is 2.32. The van der Waals surface area contributed by atoms with Gasteiger partial charge in [-0.05, 0) is 19.1 Å². The zero-order valence-corrected chi connectivity index (χ0v) is 14.8. The minimum absolute atomic E-state index is 0.00327. The SMILES string of the molecule is C#CCNc1ncnc(N(CCC(=O)OCC)Cc2ccco2)c1[N+](=O)[O-]. The van der Waals surface area contributed by atoms with E-state index in [1.54, 1.807) is 24.0 Å². The third-order valence-electron chi connectivity index (χ3n) is 3.46. The molecule has 142 valence electrons. The van der Waals surface area contributed by atoms with Crippen LogP contribution in [0.5, 0.6) is 0 Å². The van der Waals surface area contributed by atoms with Crippen LogP contribution in [-0.2, 0) is 16.1 Å². The molecule has 2 aromatic heterocycles. The summed E-state index contributed by atoms with van der Waals surface area (Å²) in [6, 6.07) is 3.43. The number of nitrogens with zero attached hydrogens (tertiary/aromatic N) is 4. The van der Waals surface area contributed by atoms with E-state index in [1.165, 1.54) is 12.6 Å². The van der Waals surface area contributed by atoms with Crippen LogP contribution < -0.4 is 10.2 Å². The topological polar surface area (TPSA) is 124 Å². The van der Waals surface area contributed by atoms with Crippen molar-refractivity contribution in [3.8, 4) is 12.3 Å². The number of anilines is 2. The van der Waals surface area contributed by atoms with Crippen LogP contribution in [-0.4, -0.2) is 40.6 Å². The maximum absolute atomic E-state index is 11.7. The predicted octanol–water partition coefficient (Wildman–Crippen LogP) is 1.98. The molecule has 2 aromatic rings. The van der Waals surface area contributed by atoms with Crippen molar-refractivity contribution in [1.29, 1.82) is 0 Å². The maximum atomic E-state index is 11.7. The Morgan fingerprint density at radius 1 is 1.52 bits per heavy atom. The normalized spacial score (nSPS) is 10.1. The number of ether oxygens (including phenoxy) is 1. The molecule has 10 nitrogen and oxygen atoms in total. The molecular weight excluding hydrogens is 354 g/mol. The fourth-order valence-corrected chi connectivity index (χ4v) is 2.34. The van der Waals surface area contributed by atoms with E-state index in [4.69, 9.17) is 15.6 Å². The number of hydrogen-bond donors (Lipinski definition) is 1. The van der Waals surface area contributed by atoms with Gasteiger partial charge in [-0.25, -0.2) is 9.97 Å². The molecule has 0 saturated heterocycles. The Hall–Kier alpha value is -3.61. The molecular formula is C17H19N5O5. The van der Waals surface area contributed by atoms with Gasteiger partial charge in [0.15, 0.2) is 0 Å². The lowest BCUT2D eigenvalue weighted by molar-refractivity contribution is -0.383. The number of esters is 1. The lowest BCUT2D eigenvalue weighted by Crippen LogP contribution is -2.28. The average molecular weight is 373 g/mol. The van der Waals surface area contributed by atoms with Crippen LogP contribution >= 0.6 is 0 Å². The first kappa shape index (κ1) is 19.7. The number of furan rings is 1. The lowest BCUT2D eigenvalue weighted by Gasteiger charge is -2.22. The Morgan fingerprint density at radius 3 is 2.96 bits per heavy atom. The third kappa shape index (κ3) is 5.43. The molecule has 0 fully saturated rings. The van der Waals surface area contributed by atoms with Gasteiger partial charge in [0.1, 0.15) is 12.1 Å². The molecule has 0 aliphatic rings. The molecule has 27 heavy (non-hydrogen) atoms. The Balaban J connectivity index is 2.36. The number of nitrogens with one attached hydrogen (secondary N) is 1. The average Bonchev–Trinajstić information content (AvgIpc) is 3.16. The zero-order chi connectivity index (χ0) is 19.6. The van der Waals surface area contributed by atoms with Crippen molar-refractivity contribution in [2.24, 2.45) is 0 Å². The highest BCUT2D eigenvalue weighted by Gasteiger charge is 2.28. The number of aromatic nitrogens is 2. The van der Waals surface area contributed by atoms with Gasteiger partial charge in [0, 0.05) is 6.54 Å². The summed E-state index contributed by atoms with van der Waals surface area (Å²) in [5.41, 5.74) is -0.330. The van der Waals surface area contributed by atoms with E-state index in [9.17, 15) is 14.9 Å².